The Morgan fingerprint density at radius 1 is 1.00 bits per heavy atom. The van der Waals surface area contributed by atoms with Crippen LogP contribution in [-0.4, -0.2) is 29.4 Å². The summed E-state index contributed by atoms with van der Waals surface area (Å²) in [6.45, 7) is 0. The van der Waals surface area contributed by atoms with E-state index in [1.165, 1.54) is 12.1 Å². The number of nitrogens with zero attached hydrogens (tertiary/aromatic N) is 3. The van der Waals surface area contributed by atoms with Gasteiger partial charge in [0.15, 0.2) is 21.3 Å². The molecule has 0 saturated heterocycles. The zero-order valence-corrected chi connectivity index (χ0v) is 17.1. The topological polar surface area (TPSA) is 64.8 Å². The Hall–Kier alpha value is -2.98. The number of alkyl halides is 3. The summed E-state index contributed by atoms with van der Waals surface area (Å²) in [7, 11) is -3.48. The summed E-state index contributed by atoms with van der Waals surface area (Å²) >= 11 is 1.56. The van der Waals surface area contributed by atoms with E-state index in [4.69, 9.17) is 0 Å². The molecule has 0 N–H and O–H groups in total. The first-order valence-corrected chi connectivity index (χ1v) is 11.4. The van der Waals surface area contributed by atoms with Crippen molar-refractivity contribution in [1.29, 1.82) is 0 Å². The first-order valence-electron chi connectivity index (χ1n) is 8.61. The van der Waals surface area contributed by atoms with Gasteiger partial charge < -0.3 is 0 Å². The summed E-state index contributed by atoms with van der Waals surface area (Å²) in [6, 6.07) is 14.5. The van der Waals surface area contributed by atoms with Crippen LogP contribution in [0.3, 0.4) is 0 Å². The van der Waals surface area contributed by atoms with Gasteiger partial charge in [-0.3, -0.25) is 0 Å². The molecule has 0 radical (unpaired) electrons. The number of benzene rings is 1. The van der Waals surface area contributed by atoms with Gasteiger partial charge in [0.25, 0.3) is 0 Å². The van der Waals surface area contributed by atoms with Gasteiger partial charge in [0.2, 0.25) is 0 Å². The van der Waals surface area contributed by atoms with Gasteiger partial charge in [-0.2, -0.15) is 18.3 Å². The van der Waals surface area contributed by atoms with E-state index in [0.29, 0.717) is 5.56 Å². The van der Waals surface area contributed by atoms with Crippen LogP contribution in [0.15, 0.2) is 71.1 Å². The molecular formula is C20H14F3N3O2S2. The van der Waals surface area contributed by atoms with Crippen LogP contribution in [0.2, 0.25) is 0 Å². The fraction of sp³-hybridized carbons (Fsp3) is 0.100. The Morgan fingerprint density at radius 3 is 2.23 bits per heavy atom. The van der Waals surface area contributed by atoms with Crippen LogP contribution in [0, 0.1) is 0 Å². The van der Waals surface area contributed by atoms with Crippen molar-refractivity contribution < 1.29 is 21.6 Å². The lowest BCUT2D eigenvalue weighted by Crippen LogP contribution is -2.08. The average molecular weight is 449 g/mol. The molecule has 0 amide bonds. The standard InChI is InChI=1S/C20H14F3N3O2S2/c1-30(27,28)15-8-9-19(24-12-15)26-16(11-18(25-26)20(21,22)23)13-4-6-14(7-5-13)17-3-2-10-29-17/h2-12H,1H3. The van der Waals surface area contributed by atoms with E-state index in [0.717, 1.165) is 33.6 Å². The lowest BCUT2D eigenvalue weighted by atomic mass is 10.1. The molecule has 3 aromatic heterocycles. The molecular weight excluding hydrogens is 435 g/mol. The molecule has 4 rings (SSSR count). The van der Waals surface area contributed by atoms with Crippen molar-refractivity contribution in [1.82, 2.24) is 14.8 Å². The monoisotopic (exact) mass is 449 g/mol. The summed E-state index contributed by atoms with van der Waals surface area (Å²) < 4.78 is 64.2. The minimum Gasteiger partial charge on any atom is -0.236 e. The highest BCUT2D eigenvalue weighted by atomic mass is 32.2. The Balaban J connectivity index is 1.80. The van der Waals surface area contributed by atoms with Crippen LogP contribution in [0.5, 0.6) is 0 Å². The number of sulfone groups is 1. The second-order valence-corrected chi connectivity index (χ2v) is 9.47. The molecule has 154 valence electrons. The van der Waals surface area contributed by atoms with E-state index in [1.807, 2.05) is 29.6 Å². The van der Waals surface area contributed by atoms with Crippen molar-refractivity contribution in [3.63, 3.8) is 0 Å². The minimum atomic E-state index is -4.64. The third kappa shape index (κ3) is 4.01. The molecule has 0 bridgehead atoms. The Kier molecular flexibility index (Phi) is 4.99. The highest BCUT2D eigenvalue weighted by Crippen LogP contribution is 2.34. The van der Waals surface area contributed by atoms with Crippen LogP contribution in [0.4, 0.5) is 13.2 Å². The molecule has 0 aliphatic heterocycles. The van der Waals surface area contributed by atoms with E-state index < -0.39 is 21.7 Å². The first kappa shape index (κ1) is 20.3. The number of rotatable bonds is 4. The third-order valence-electron chi connectivity index (χ3n) is 4.35. The third-order valence-corrected chi connectivity index (χ3v) is 6.37. The largest absolute Gasteiger partial charge is 0.435 e. The summed E-state index contributed by atoms with van der Waals surface area (Å²) in [4.78, 5) is 5.02. The number of pyridine rings is 1. The summed E-state index contributed by atoms with van der Waals surface area (Å²) in [5.74, 6) is 0.0789. The number of halogens is 3. The molecule has 0 aliphatic rings. The fourth-order valence-corrected chi connectivity index (χ4v) is 4.16. The van der Waals surface area contributed by atoms with Crippen molar-refractivity contribution in [2.75, 3.05) is 6.26 Å². The summed E-state index contributed by atoms with van der Waals surface area (Å²) in [5.41, 5.74) is 0.604. The molecule has 5 nitrogen and oxygen atoms in total. The van der Waals surface area contributed by atoms with E-state index in [-0.39, 0.29) is 16.4 Å². The van der Waals surface area contributed by atoms with Crippen LogP contribution < -0.4 is 0 Å². The summed E-state index contributed by atoms with van der Waals surface area (Å²) in [6.07, 6.45) is -2.51. The van der Waals surface area contributed by atoms with Gasteiger partial charge in [0, 0.05) is 22.9 Å². The molecule has 0 saturated carbocycles. The van der Waals surface area contributed by atoms with Crippen molar-refractivity contribution in [2.45, 2.75) is 11.1 Å². The Bertz CT molecular complexity index is 1280. The molecule has 10 heteroatoms. The van der Waals surface area contributed by atoms with E-state index in [2.05, 4.69) is 10.1 Å². The predicted molar refractivity (Wildman–Crippen MR) is 108 cm³/mol. The second-order valence-electron chi connectivity index (χ2n) is 6.50. The molecule has 0 fully saturated rings. The van der Waals surface area contributed by atoms with E-state index >= 15 is 0 Å². The van der Waals surface area contributed by atoms with E-state index in [1.54, 1.807) is 23.5 Å². The molecule has 4 aromatic rings. The van der Waals surface area contributed by atoms with E-state index in [9.17, 15) is 21.6 Å². The molecule has 0 spiro atoms. The van der Waals surface area contributed by atoms with Gasteiger partial charge in [0.1, 0.15) is 0 Å². The molecule has 1 aromatic carbocycles. The predicted octanol–water partition coefficient (Wildman–Crippen LogP) is 5.09. The lowest BCUT2D eigenvalue weighted by Gasteiger charge is -2.08. The van der Waals surface area contributed by atoms with Crippen molar-refractivity contribution >= 4 is 21.2 Å². The zero-order chi connectivity index (χ0) is 21.5. The highest BCUT2D eigenvalue weighted by molar-refractivity contribution is 7.90. The minimum absolute atomic E-state index is 0.0312. The SMILES string of the molecule is CS(=O)(=O)c1ccc(-n2nc(C(F)(F)F)cc2-c2ccc(-c3cccs3)cc2)nc1. The Morgan fingerprint density at radius 2 is 1.70 bits per heavy atom. The van der Waals surface area contributed by atoms with Gasteiger partial charge in [-0.1, -0.05) is 30.3 Å². The maximum Gasteiger partial charge on any atom is 0.435 e. The summed E-state index contributed by atoms with van der Waals surface area (Å²) in [5, 5.41) is 5.62. The first-order chi connectivity index (χ1) is 14.1. The quantitative estimate of drug-likeness (QED) is 0.436. The number of hydrogen-bond acceptors (Lipinski definition) is 5. The lowest BCUT2D eigenvalue weighted by molar-refractivity contribution is -0.141. The van der Waals surface area contributed by atoms with Crippen LogP contribution >= 0.6 is 11.3 Å². The fourth-order valence-electron chi connectivity index (χ4n) is 2.87. The molecule has 0 unspecified atom stereocenters. The maximum absolute atomic E-state index is 13.3. The van der Waals surface area contributed by atoms with Crippen LogP contribution in [-0.2, 0) is 16.0 Å². The number of thiophene rings is 1. The second kappa shape index (κ2) is 7.37. The molecule has 3 heterocycles. The van der Waals surface area contributed by atoms with Crippen LogP contribution in [0.25, 0.3) is 27.5 Å². The van der Waals surface area contributed by atoms with Gasteiger partial charge in [-0.05, 0) is 35.2 Å². The smallest absolute Gasteiger partial charge is 0.236 e. The normalized spacial score (nSPS) is 12.3. The average Bonchev–Trinajstić information content (AvgIpc) is 3.37. The Labute approximate surface area is 174 Å². The van der Waals surface area contributed by atoms with Crippen molar-refractivity contribution in [3.05, 3.63) is 71.9 Å². The molecule has 0 atom stereocenters. The zero-order valence-electron chi connectivity index (χ0n) is 15.5. The van der Waals surface area contributed by atoms with Crippen molar-refractivity contribution in [3.8, 4) is 27.5 Å². The molecule has 0 aliphatic carbocycles. The van der Waals surface area contributed by atoms with Gasteiger partial charge in [-0.15, -0.1) is 11.3 Å². The molecule has 30 heavy (non-hydrogen) atoms. The maximum atomic E-state index is 13.3. The van der Waals surface area contributed by atoms with Gasteiger partial charge >= 0.3 is 6.18 Å². The van der Waals surface area contributed by atoms with Crippen molar-refractivity contribution in [2.24, 2.45) is 0 Å². The van der Waals surface area contributed by atoms with Gasteiger partial charge in [-0.25, -0.2) is 18.1 Å². The number of hydrogen-bond donors (Lipinski definition) is 0. The number of aromatic nitrogens is 3. The van der Waals surface area contributed by atoms with Gasteiger partial charge in [0.05, 0.1) is 10.6 Å². The highest BCUT2D eigenvalue weighted by Gasteiger charge is 2.35. The van der Waals surface area contributed by atoms with Crippen LogP contribution in [0.1, 0.15) is 5.69 Å².